The van der Waals surface area contributed by atoms with Crippen molar-refractivity contribution in [2.75, 3.05) is 17.8 Å². The summed E-state index contributed by atoms with van der Waals surface area (Å²) in [6.07, 6.45) is -0.521. The largest absolute Gasteiger partial charge is 0.448 e. The number of hydrogen-bond acceptors (Lipinski definition) is 4. The molecule has 1 aromatic heterocycles. The smallest absolute Gasteiger partial charge is 0.411 e. The minimum absolute atomic E-state index is 0.178. The van der Waals surface area contributed by atoms with E-state index in [1.165, 1.54) is 0 Å². The number of thiazole rings is 1. The molecule has 7 heteroatoms. The fourth-order valence-electron chi connectivity index (χ4n) is 2.14. The quantitative estimate of drug-likeness (QED) is 0.548. The highest BCUT2D eigenvalue weighted by atomic mass is 35.5. The zero-order valence-electron chi connectivity index (χ0n) is 13.0. The zero-order valence-corrected chi connectivity index (χ0v) is 15.4. The van der Waals surface area contributed by atoms with Crippen LogP contribution in [0.4, 0.5) is 10.5 Å². The van der Waals surface area contributed by atoms with Crippen LogP contribution in [-0.2, 0) is 4.74 Å². The average molecular weight is 393 g/mol. The monoisotopic (exact) mass is 392 g/mol. The van der Waals surface area contributed by atoms with E-state index in [4.69, 9.17) is 27.9 Å². The topological polar surface area (TPSA) is 51.2 Å². The Hall–Kier alpha value is -2.08. The van der Waals surface area contributed by atoms with Gasteiger partial charge < -0.3 is 4.74 Å². The molecule has 0 aliphatic rings. The third-order valence-electron chi connectivity index (χ3n) is 3.33. The number of aromatic nitrogens is 1. The maximum atomic E-state index is 11.5. The van der Waals surface area contributed by atoms with E-state index in [1.807, 2.05) is 41.8 Å². The molecule has 1 heterocycles. The first-order valence-electron chi connectivity index (χ1n) is 7.47. The molecule has 1 N–H and O–H groups in total. The van der Waals surface area contributed by atoms with Gasteiger partial charge in [0.15, 0.2) is 0 Å². The number of hydrogen-bond donors (Lipinski definition) is 1. The van der Waals surface area contributed by atoms with Crippen LogP contribution in [0.25, 0.3) is 21.8 Å². The fourth-order valence-corrected chi connectivity index (χ4v) is 3.18. The van der Waals surface area contributed by atoms with Gasteiger partial charge in [0.25, 0.3) is 0 Å². The molecular weight excluding hydrogens is 379 g/mol. The summed E-state index contributed by atoms with van der Waals surface area (Å²) in [5, 5.41) is 6.27. The van der Waals surface area contributed by atoms with Crippen molar-refractivity contribution in [1.82, 2.24) is 4.98 Å². The van der Waals surface area contributed by atoms with Crippen molar-refractivity contribution in [3.63, 3.8) is 0 Å². The minimum Gasteiger partial charge on any atom is -0.448 e. The molecule has 0 aliphatic carbocycles. The van der Waals surface area contributed by atoms with E-state index in [0.29, 0.717) is 10.7 Å². The lowest BCUT2D eigenvalue weighted by Gasteiger charge is -2.06. The lowest BCUT2D eigenvalue weighted by Crippen LogP contribution is -2.14. The molecule has 0 unspecified atom stereocenters. The van der Waals surface area contributed by atoms with E-state index >= 15 is 0 Å². The predicted octanol–water partition coefficient (Wildman–Crippen LogP) is 5.92. The van der Waals surface area contributed by atoms with Crippen molar-refractivity contribution in [2.45, 2.75) is 0 Å². The van der Waals surface area contributed by atoms with Crippen molar-refractivity contribution in [3.05, 3.63) is 58.9 Å². The molecule has 0 saturated heterocycles. The number of nitrogens with one attached hydrogen (secondary N) is 1. The zero-order chi connectivity index (χ0) is 17.6. The molecular formula is C18H14Cl2N2O2S. The first-order valence-corrected chi connectivity index (χ1v) is 9.26. The van der Waals surface area contributed by atoms with Crippen LogP contribution in [0.1, 0.15) is 0 Å². The van der Waals surface area contributed by atoms with Crippen LogP contribution in [-0.4, -0.2) is 23.6 Å². The van der Waals surface area contributed by atoms with Gasteiger partial charge in [0.1, 0.15) is 11.6 Å². The van der Waals surface area contributed by atoms with Crippen LogP contribution in [0.5, 0.6) is 0 Å². The Morgan fingerprint density at radius 2 is 1.76 bits per heavy atom. The Bertz CT molecular complexity index is 848. The maximum absolute atomic E-state index is 11.5. The third-order valence-corrected chi connectivity index (χ3v) is 4.63. The number of benzene rings is 2. The van der Waals surface area contributed by atoms with E-state index in [0.717, 1.165) is 21.8 Å². The highest BCUT2D eigenvalue weighted by Crippen LogP contribution is 2.30. The van der Waals surface area contributed by atoms with Crippen molar-refractivity contribution < 1.29 is 9.53 Å². The molecule has 1 amide bonds. The molecule has 0 aliphatic heterocycles. The van der Waals surface area contributed by atoms with Crippen molar-refractivity contribution in [3.8, 4) is 21.8 Å². The Kier molecular flexibility index (Phi) is 5.91. The number of halogens is 2. The van der Waals surface area contributed by atoms with Gasteiger partial charge in [-0.05, 0) is 24.3 Å². The van der Waals surface area contributed by atoms with Gasteiger partial charge in [0.05, 0.1) is 11.6 Å². The van der Waals surface area contributed by atoms with Gasteiger partial charge in [-0.2, -0.15) is 0 Å². The summed E-state index contributed by atoms with van der Waals surface area (Å²) in [5.74, 6) is 0.270. The Balaban J connectivity index is 1.70. The first kappa shape index (κ1) is 17.7. The number of alkyl halides is 1. The van der Waals surface area contributed by atoms with Crippen molar-refractivity contribution >= 4 is 46.3 Å². The molecule has 3 rings (SSSR count). The molecule has 25 heavy (non-hydrogen) atoms. The highest BCUT2D eigenvalue weighted by molar-refractivity contribution is 7.13. The Morgan fingerprint density at radius 1 is 1.08 bits per heavy atom. The van der Waals surface area contributed by atoms with Crippen molar-refractivity contribution in [2.24, 2.45) is 0 Å². The molecule has 128 valence electrons. The highest BCUT2D eigenvalue weighted by Gasteiger charge is 2.08. The fraction of sp³-hybridized carbons (Fsp3) is 0.111. The van der Waals surface area contributed by atoms with Crippen molar-refractivity contribution in [1.29, 1.82) is 0 Å². The van der Waals surface area contributed by atoms with Crippen LogP contribution >= 0.6 is 34.5 Å². The summed E-state index contributed by atoms with van der Waals surface area (Å²) in [7, 11) is 0. The minimum atomic E-state index is -0.521. The third kappa shape index (κ3) is 4.72. The number of amides is 1. The summed E-state index contributed by atoms with van der Waals surface area (Å²) in [6.45, 7) is 0.178. The molecule has 3 aromatic rings. The summed E-state index contributed by atoms with van der Waals surface area (Å²) >= 11 is 13.0. The molecule has 2 aromatic carbocycles. The second kappa shape index (κ2) is 8.34. The van der Waals surface area contributed by atoms with Crippen LogP contribution in [0.15, 0.2) is 53.9 Å². The molecule has 0 saturated carbocycles. The summed E-state index contributed by atoms with van der Waals surface area (Å²) in [4.78, 5) is 16.2. The van der Waals surface area contributed by atoms with Gasteiger partial charge in [0.2, 0.25) is 0 Å². The SMILES string of the molecule is O=C(Nc1ccc(-c2csc(-c3ccc(Cl)cc3)n2)cc1)OCCCl. The summed E-state index contributed by atoms with van der Waals surface area (Å²) < 4.78 is 4.87. The summed E-state index contributed by atoms with van der Waals surface area (Å²) in [5.41, 5.74) is 3.53. The standard InChI is InChI=1S/C18H14Cl2N2O2S/c19-9-10-24-18(23)21-15-7-3-12(4-8-15)16-11-25-17(22-16)13-1-5-14(20)6-2-13/h1-8,11H,9-10H2,(H,21,23). The van der Waals surface area contributed by atoms with Gasteiger partial charge in [-0.15, -0.1) is 22.9 Å². The number of ether oxygens (including phenoxy) is 1. The number of carbonyl (C=O) groups excluding carboxylic acids is 1. The second-order valence-electron chi connectivity index (χ2n) is 5.07. The number of carbonyl (C=O) groups is 1. The first-order chi connectivity index (χ1) is 12.2. The molecule has 0 radical (unpaired) electrons. The van der Waals surface area contributed by atoms with Gasteiger partial charge in [-0.25, -0.2) is 9.78 Å². The summed E-state index contributed by atoms with van der Waals surface area (Å²) in [6, 6.07) is 15.0. The van der Waals surface area contributed by atoms with E-state index in [1.54, 1.807) is 23.5 Å². The van der Waals surface area contributed by atoms with Crippen LogP contribution in [0.2, 0.25) is 5.02 Å². The number of rotatable bonds is 5. The van der Waals surface area contributed by atoms with Gasteiger partial charge in [-0.3, -0.25) is 5.32 Å². The molecule has 0 spiro atoms. The average Bonchev–Trinajstić information content (AvgIpc) is 3.11. The maximum Gasteiger partial charge on any atom is 0.411 e. The number of nitrogens with zero attached hydrogens (tertiary/aromatic N) is 1. The molecule has 4 nitrogen and oxygen atoms in total. The van der Waals surface area contributed by atoms with Gasteiger partial charge in [0, 0.05) is 27.2 Å². The van der Waals surface area contributed by atoms with E-state index < -0.39 is 6.09 Å². The Labute approximate surface area is 159 Å². The van der Waals surface area contributed by atoms with E-state index in [9.17, 15) is 4.79 Å². The molecule has 0 fully saturated rings. The van der Waals surface area contributed by atoms with E-state index in [2.05, 4.69) is 10.3 Å². The molecule has 0 atom stereocenters. The van der Waals surface area contributed by atoms with Gasteiger partial charge in [-0.1, -0.05) is 35.9 Å². The normalized spacial score (nSPS) is 10.5. The van der Waals surface area contributed by atoms with Crippen LogP contribution in [0.3, 0.4) is 0 Å². The second-order valence-corrected chi connectivity index (χ2v) is 6.74. The predicted molar refractivity (Wildman–Crippen MR) is 104 cm³/mol. The van der Waals surface area contributed by atoms with Crippen LogP contribution in [0, 0.1) is 0 Å². The lowest BCUT2D eigenvalue weighted by molar-refractivity contribution is 0.168. The number of anilines is 1. The Morgan fingerprint density at radius 3 is 2.44 bits per heavy atom. The lowest BCUT2D eigenvalue weighted by atomic mass is 10.1. The van der Waals surface area contributed by atoms with Crippen LogP contribution < -0.4 is 5.32 Å². The molecule has 0 bridgehead atoms. The van der Waals surface area contributed by atoms with Gasteiger partial charge >= 0.3 is 6.09 Å². The van der Waals surface area contributed by atoms with E-state index in [-0.39, 0.29) is 12.5 Å².